The summed E-state index contributed by atoms with van der Waals surface area (Å²) in [7, 11) is 2.01. The minimum atomic E-state index is -0.544. The normalized spacial score (nSPS) is 14.7. The molecule has 0 amide bonds. The Hall–Kier alpha value is -3.46. The average molecular weight is 413 g/mol. The molecular formula is C25H28N6. The van der Waals surface area contributed by atoms with Gasteiger partial charge in [0.15, 0.2) is 0 Å². The molecule has 1 unspecified atom stereocenters. The molecule has 6 nitrogen and oxygen atoms in total. The summed E-state index contributed by atoms with van der Waals surface area (Å²) < 4.78 is 0. The third-order valence-corrected chi connectivity index (χ3v) is 5.81. The van der Waals surface area contributed by atoms with Crippen molar-refractivity contribution >= 4 is 11.8 Å². The molecule has 0 saturated heterocycles. The number of benzene rings is 1. The third-order valence-electron chi connectivity index (χ3n) is 5.81. The molecule has 158 valence electrons. The van der Waals surface area contributed by atoms with Crippen molar-refractivity contribution in [1.29, 1.82) is 5.26 Å². The number of aryl methyl sites for hydroxylation is 1. The molecule has 1 aromatic carbocycles. The van der Waals surface area contributed by atoms with E-state index < -0.39 is 5.92 Å². The van der Waals surface area contributed by atoms with Crippen molar-refractivity contribution in [2.24, 2.45) is 0 Å². The van der Waals surface area contributed by atoms with Gasteiger partial charge in [0, 0.05) is 25.8 Å². The first kappa shape index (κ1) is 20.8. The molecule has 1 atom stereocenters. The van der Waals surface area contributed by atoms with Crippen LogP contribution in [0.15, 0.2) is 54.7 Å². The molecular weight excluding hydrogens is 384 g/mol. The molecule has 1 saturated carbocycles. The van der Waals surface area contributed by atoms with E-state index in [0.29, 0.717) is 23.4 Å². The number of hydrogen-bond acceptors (Lipinski definition) is 6. The first-order chi connectivity index (χ1) is 15.1. The predicted octanol–water partition coefficient (Wildman–Crippen LogP) is 4.83. The zero-order valence-corrected chi connectivity index (χ0v) is 18.1. The van der Waals surface area contributed by atoms with Gasteiger partial charge in [-0.15, -0.1) is 0 Å². The van der Waals surface area contributed by atoms with Crippen molar-refractivity contribution in [2.75, 3.05) is 17.3 Å². The number of nitriles is 1. The molecule has 4 rings (SSSR count). The van der Waals surface area contributed by atoms with E-state index in [1.54, 1.807) is 6.20 Å². The van der Waals surface area contributed by atoms with Gasteiger partial charge in [-0.1, -0.05) is 49.2 Å². The highest BCUT2D eigenvalue weighted by Crippen LogP contribution is 2.27. The number of aromatic nitrogens is 3. The predicted molar refractivity (Wildman–Crippen MR) is 123 cm³/mol. The highest BCUT2D eigenvalue weighted by Gasteiger charge is 2.22. The molecule has 1 N–H and O–H groups in total. The lowest BCUT2D eigenvalue weighted by atomic mass is 9.99. The molecule has 3 aromatic rings. The second-order valence-electron chi connectivity index (χ2n) is 8.21. The molecule has 1 fully saturated rings. The lowest BCUT2D eigenvalue weighted by Gasteiger charge is -2.20. The van der Waals surface area contributed by atoms with Crippen molar-refractivity contribution < 1.29 is 0 Å². The van der Waals surface area contributed by atoms with Crippen LogP contribution in [0, 0.1) is 18.3 Å². The fraction of sp³-hybridized carbons (Fsp3) is 0.360. The summed E-state index contributed by atoms with van der Waals surface area (Å²) in [6, 6.07) is 18.9. The van der Waals surface area contributed by atoms with E-state index in [4.69, 9.17) is 9.97 Å². The van der Waals surface area contributed by atoms with E-state index in [1.807, 2.05) is 50.4 Å². The van der Waals surface area contributed by atoms with Gasteiger partial charge in [-0.3, -0.25) is 0 Å². The van der Waals surface area contributed by atoms with E-state index in [0.717, 1.165) is 30.8 Å². The average Bonchev–Trinajstić information content (AvgIpc) is 3.30. The molecule has 2 aromatic heterocycles. The summed E-state index contributed by atoms with van der Waals surface area (Å²) in [6.45, 7) is 2.70. The van der Waals surface area contributed by atoms with Crippen LogP contribution in [-0.4, -0.2) is 28.0 Å². The fourth-order valence-corrected chi connectivity index (χ4v) is 4.09. The lowest BCUT2D eigenvalue weighted by molar-refractivity contribution is 0.739. The van der Waals surface area contributed by atoms with E-state index >= 15 is 0 Å². The molecule has 0 aliphatic heterocycles. The Morgan fingerprint density at radius 2 is 1.87 bits per heavy atom. The van der Waals surface area contributed by atoms with Crippen LogP contribution in [0.1, 0.15) is 54.1 Å². The lowest BCUT2D eigenvalue weighted by Crippen LogP contribution is -2.19. The van der Waals surface area contributed by atoms with E-state index in [9.17, 15) is 5.26 Å². The molecule has 2 heterocycles. The van der Waals surface area contributed by atoms with Gasteiger partial charge in [-0.05, 0) is 43.0 Å². The van der Waals surface area contributed by atoms with Crippen LogP contribution >= 0.6 is 0 Å². The SMILES string of the molecule is Cc1cnc(NC2CCCC2)nc1C(C#N)c1cccc(N(C)Cc2ccccc2)n1. The standard InChI is InChI=1S/C25H28N6/c1-18-16-27-25(28-20-11-6-7-12-20)30-24(18)21(15-26)22-13-8-14-23(29-22)31(2)17-19-9-4-3-5-10-19/h3-5,8-10,13-14,16,20-21H,6-7,11-12,17H2,1-2H3,(H,27,28,30). The second-order valence-corrected chi connectivity index (χ2v) is 8.21. The van der Waals surface area contributed by atoms with Crippen LogP contribution in [0.5, 0.6) is 0 Å². The monoisotopic (exact) mass is 412 g/mol. The number of nitrogens with zero attached hydrogens (tertiary/aromatic N) is 5. The van der Waals surface area contributed by atoms with Gasteiger partial charge in [-0.2, -0.15) is 5.26 Å². The highest BCUT2D eigenvalue weighted by atomic mass is 15.2. The van der Waals surface area contributed by atoms with E-state index in [-0.39, 0.29) is 0 Å². The fourth-order valence-electron chi connectivity index (χ4n) is 4.09. The minimum Gasteiger partial charge on any atom is -0.355 e. The molecule has 0 spiro atoms. The van der Waals surface area contributed by atoms with Crippen LogP contribution in [0.4, 0.5) is 11.8 Å². The van der Waals surface area contributed by atoms with Crippen molar-refractivity contribution in [2.45, 2.75) is 51.1 Å². The Morgan fingerprint density at radius 1 is 1.10 bits per heavy atom. The summed E-state index contributed by atoms with van der Waals surface area (Å²) in [5.74, 6) is 0.889. The number of anilines is 2. The number of nitrogens with one attached hydrogen (secondary N) is 1. The Bertz CT molecular complexity index is 1050. The Kier molecular flexibility index (Phi) is 6.42. The molecule has 6 heteroatoms. The van der Waals surface area contributed by atoms with Crippen LogP contribution in [0.3, 0.4) is 0 Å². The summed E-state index contributed by atoms with van der Waals surface area (Å²) in [5.41, 5.74) is 3.53. The Morgan fingerprint density at radius 3 is 2.61 bits per heavy atom. The summed E-state index contributed by atoms with van der Waals surface area (Å²) >= 11 is 0. The Labute approximate surface area is 184 Å². The largest absolute Gasteiger partial charge is 0.355 e. The van der Waals surface area contributed by atoms with Crippen molar-refractivity contribution in [1.82, 2.24) is 15.0 Å². The van der Waals surface area contributed by atoms with Gasteiger partial charge in [0.25, 0.3) is 0 Å². The highest BCUT2D eigenvalue weighted by molar-refractivity contribution is 5.44. The summed E-state index contributed by atoms with van der Waals surface area (Å²) in [6.07, 6.45) is 6.57. The first-order valence-electron chi connectivity index (χ1n) is 10.9. The second kappa shape index (κ2) is 9.57. The van der Waals surface area contributed by atoms with Crippen LogP contribution in [0.25, 0.3) is 0 Å². The number of pyridine rings is 1. The van der Waals surface area contributed by atoms with Crippen molar-refractivity contribution in [3.8, 4) is 6.07 Å². The molecule has 31 heavy (non-hydrogen) atoms. The smallest absolute Gasteiger partial charge is 0.223 e. The van der Waals surface area contributed by atoms with Gasteiger partial charge in [0.2, 0.25) is 5.95 Å². The molecule has 0 bridgehead atoms. The number of rotatable bonds is 7. The van der Waals surface area contributed by atoms with Gasteiger partial charge >= 0.3 is 0 Å². The maximum Gasteiger partial charge on any atom is 0.223 e. The number of hydrogen-bond donors (Lipinski definition) is 1. The van der Waals surface area contributed by atoms with Gasteiger partial charge in [0.05, 0.1) is 17.5 Å². The zero-order valence-electron chi connectivity index (χ0n) is 18.1. The summed E-state index contributed by atoms with van der Waals surface area (Å²) in [4.78, 5) is 16.1. The first-order valence-corrected chi connectivity index (χ1v) is 10.9. The Balaban J connectivity index is 1.58. The van der Waals surface area contributed by atoms with Crippen LogP contribution in [-0.2, 0) is 6.54 Å². The quantitative estimate of drug-likeness (QED) is 0.599. The van der Waals surface area contributed by atoms with Gasteiger partial charge < -0.3 is 10.2 Å². The molecule has 1 aliphatic rings. The van der Waals surface area contributed by atoms with E-state index in [2.05, 4.69) is 33.4 Å². The van der Waals surface area contributed by atoms with Gasteiger partial charge in [-0.25, -0.2) is 15.0 Å². The minimum absolute atomic E-state index is 0.421. The van der Waals surface area contributed by atoms with Crippen molar-refractivity contribution in [3.05, 3.63) is 77.2 Å². The maximum absolute atomic E-state index is 10.0. The van der Waals surface area contributed by atoms with Gasteiger partial charge in [0.1, 0.15) is 11.7 Å². The maximum atomic E-state index is 10.0. The third kappa shape index (κ3) is 5.00. The zero-order chi connectivity index (χ0) is 21.6. The van der Waals surface area contributed by atoms with Crippen LogP contribution in [0.2, 0.25) is 0 Å². The van der Waals surface area contributed by atoms with Crippen LogP contribution < -0.4 is 10.2 Å². The summed E-state index contributed by atoms with van der Waals surface area (Å²) in [5, 5.41) is 13.4. The van der Waals surface area contributed by atoms with Crippen molar-refractivity contribution in [3.63, 3.8) is 0 Å². The molecule has 0 radical (unpaired) electrons. The molecule has 1 aliphatic carbocycles. The van der Waals surface area contributed by atoms with E-state index in [1.165, 1.54) is 18.4 Å². The topological polar surface area (TPSA) is 77.7 Å².